The number of pyridine rings is 1. The van der Waals surface area contributed by atoms with Crippen molar-refractivity contribution in [3.05, 3.63) is 30.1 Å². The molecule has 1 heterocycles. The van der Waals surface area contributed by atoms with Gasteiger partial charge in [-0.2, -0.15) is 0 Å². The molecule has 0 fully saturated rings. The Morgan fingerprint density at radius 2 is 2.64 bits per heavy atom. The largest absolute Gasteiger partial charge is 0.459 e. The van der Waals surface area contributed by atoms with E-state index in [1.807, 2.05) is 0 Å². The van der Waals surface area contributed by atoms with Crippen LogP contribution in [-0.4, -0.2) is 11.0 Å². The molecule has 0 unspecified atom stereocenters. The smallest absolute Gasteiger partial charge is 0.303 e. The lowest BCUT2D eigenvalue weighted by atomic mass is 10.4. The molecule has 1 aromatic heterocycles. The van der Waals surface area contributed by atoms with Crippen molar-refractivity contribution in [3.8, 4) is 0 Å². The molecule has 0 aliphatic rings. The minimum Gasteiger partial charge on any atom is -0.459 e. The van der Waals surface area contributed by atoms with Crippen molar-refractivity contribution in [1.29, 1.82) is 0 Å². The summed E-state index contributed by atoms with van der Waals surface area (Å²) in [5.74, 6) is -0.296. The van der Waals surface area contributed by atoms with Crippen molar-refractivity contribution in [2.24, 2.45) is 0 Å². The number of carbonyl (C=O) groups is 1. The van der Waals surface area contributed by atoms with Crippen molar-refractivity contribution >= 4 is 5.97 Å². The molecule has 3 heteroatoms. The maximum absolute atomic E-state index is 10.4. The van der Waals surface area contributed by atoms with Crippen LogP contribution in [0.3, 0.4) is 0 Å². The normalized spacial score (nSPS) is 9.18. The molecule has 0 spiro atoms. The monoisotopic (exact) mass is 150 g/mol. The van der Waals surface area contributed by atoms with Crippen LogP contribution in [0.2, 0.25) is 0 Å². The number of nitrogens with zero attached hydrogens (tertiary/aromatic N) is 1. The lowest BCUT2D eigenvalue weighted by Gasteiger charge is -1.98. The molecule has 1 aromatic rings. The van der Waals surface area contributed by atoms with Crippen molar-refractivity contribution < 1.29 is 9.53 Å². The minimum atomic E-state index is -0.296. The third-order valence-electron chi connectivity index (χ3n) is 1.09. The van der Waals surface area contributed by atoms with Crippen LogP contribution in [0.4, 0.5) is 0 Å². The molecular weight excluding hydrogens is 142 g/mol. The van der Waals surface area contributed by atoms with E-state index in [4.69, 9.17) is 4.74 Å². The summed E-state index contributed by atoms with van der Waals surface area (Å²) < 4.78 is 4.71. The highest BCUT2D eigenvalue weighted by Crippen LogP contribution is 1.94. The van der Waals surface area contributed by atoms with Crippen LogP contribution >= 0.6 is 0 Å². The Labute approximate surface area is 65.0 Å². The van der Waals surface area contributed by atoms with Gasteiger partial charge in [0.2, 0.25) is 0 Å². The number of esters is 1. The number of rotatable bonds is 2. The highest BCUT2D eigenvalue weighted by atomic mass is 16.5. The van der Waals surface area contributed by atoms with E-state index in [2.05, 4.69) is 11.2 Å². The first-order chi connectivity index (χ1) is 5.29. The van der Waals surface area contributed by atoms with Gasteiger partial charge < -0.3 is 4.74 Å². The molecule has 57 valence electrons. The van der Waals surface area contributed by atoms with Crippen molar-refractivity contribution in [3.63, 3.8) is 0 Å². The Balaban J connectivity index is 2.45. The third kappa shape index (κ3) is 2.80. The van der Waals surface area contributed by atoms with E-state index in [1.54, 1.807) is 18.2 Å². The van der Waals surface area contributed by atoms with E-state index in [-0.39, 0.29) is 12.6 Å². The molecule has 0 N–H and O–H groups in total. The number of aromatic nitrogens is 1. The van der Waals surface area contributed by atoms with Crippen LogP contribution in [0, 0.1) is 6.20 Å². The molecule has 1 radical (unpaired) electrons. The van der Waals surface area contributed by atoms with Crippen molar-refractivity contribution in [2.75, 3.05) is 0 Å². The van der Waals surface area contributed by atoms with Crippen LogP contribution in [0.5, 0.6) is 0 Å². The summed E-state index contributed by atoms with van der Waals surface area (Å²) in [6.07, 6.45) is 2.64. The molecule has 0 saturated carbocycles. The molecule has 11 heavy (non-hydrogen) atoms. The van der Waals surface area contributed by atoms with E-state index in [0.717, 1.165) is 0 Å². The lowest BCUT2D eigenvalue weighted by molar-refractivity contribution is -0.142. The van der Waals surface area contributed by atoms with Crippen LogP contribution in [-0.2, 0) is 16.1 Å². The van der Waals surface area contributed by atoms with Gasteiger partial charge in [0, 0.05) is 6.92 Å². The van der Waals surface area contributed by atoms with Gasteiger partial charge in [-0.25, -0.2) is 4.98 Å². The summed E-state index contributed by atoms with van der Waals surface area (Å²) in [6.45, 7) is 1.60. The fraction of sp³-hybridized carbons (Fsp3) is 0.250. The molecule has 0 atom stereocenters. The van der Waals surface area contributed by atoms with Gasteiger partial charge in [-0.3, -0.25) is 4.79 Å². The molecule has 0 aromatic carbocycles. The van der Waals surface area contributed by atoms with E-state index >= 15 is 0 Å². The first kappa shape index (κ1) is 7.72. The second-order valence-electron chi connectivity index (χ2n) is 2.04. The Morgan fingerprint density at radius 1 is 1.82 bits per heavy atom. The number of ether oxygens (including phenoxy) is 1. The summed E-state index contributed by atoms with van der Waals surface area (Å²) in [4.78, 5) is 14.2. The second kappa shape index (κ2) is 3.71. The second-order valence-corrected chi connectivity index (χ2v) is 2.04. The molecule has 3 nitrogen and oxygen atoms in total. The van der Waals surface area contributed by atoms with Gasteiger partial charge >= 0.3 is 5.97 Å². The minimum absolute atomic E-state index is 0.229. The zero-order valence-corrected chi connectivity index (χ0v) is 6.20. The average Bonchev–Trinajstić information content (AvgIpc) is 2.03. The van der Waals surface area contributed by atoms with Crippen molar-refractivity contribution in [1.82, 2.24) is 4.98 Å². The van der Waals surface area contributed by atoms with E-state index in [1.165, 1.54) is 6.92 Å². The summed E-state index contributed by atoms with van der Waals surface area (Å²) in [7, 11) is 0. The SMILES string of the molecule is CC(=O)OCc1ccc[c]n1. The number of hydrogen-bond acceptors (Lipinski definition) is 3. The van der Waals surface area contributed by atoms with Gasteiger partial charge in [0.25, 0.3) is 0 Å². The molecule has 0 aliphatic heterocycles. The van der Waals surface area contributed by atoms with E-state index < -0.39 is 0 Å². The van der Waals surface area contributed by atoms with E-state index in [0.29, 0.717) is 5.69 Å². The van der Waals surface area contributed by atoms with E-state index in [9.17, 15) is 4.79 Å². The molecule has 0 bridgehead atoms. The van der Waals surface area contributed by atoms with Crippen molar-refractivity contribution in [2.45, 2.75) is 13.5 Å². The quantitative estimate of drug-likeness (QED) is 0.589. The van der Waals surface area contributed by atoms with Crippen LogP contribution in [0.1, 0.15) is 12.6 Å². The van der Waals surface area contributed by atoms with Gasteiger partial charge in [0.05, 0.1) is 11.9 Å². The third-order valence-corrected chi connectivity index (χ3v) is 1.09. The predicted molar refractivity (Wildman–Crippen MR) is 38.5 cm³/mol. The number of carbonyl (C=O) groups excluding carboxylic acids is 1. The van der Waals surface area contributed by atoms with Gasteiger partial charge in [-0.05, 0) is 12.1 Å². The Kier molecular flexibility index (Phi) is 2.60. The standard InChI is InChI=1S/C8H8NO2/c1-7(10)11-6-8-4-2-3-5-9-8/h2-4H,6H2,1H3. The summed E-state index contributed by atoms with van der Waals surface area (Å²) in [5.41, 5.74) is 0.711. The fourth-order valence-corrected chi connectivity index (χ4v) is 0.616. The Morgan fingerprint density at radius 3 is 3.18 bits per heavy atom. The summed E-state index contributed by atoms with van der Waals surface area (Å²) >= 11 is 0. The van der Waals surface area contributed by atoms with Crippen LogP contribution in [0.25, 0.3) is 0 Å². The zero-order valence-electron chi connectivity index (χ0n) is 6.20. The molecule has 1 rings (SSSR count). The molecule has 0 amide bonds. The summed E-state index contributed by atoms with van der Waals surface area (Å²) in [5, 5.41) is 0. The Hall–Kier alpha value is -1.38. The fourth-order valence-electron chi connectivity index (χ4n) is 0.616. The van der Waals surface area contributed by atoms with Crippen LogP contribution < -0.4 is 0 Å². The molecular formula is C8H8NO2. The predicted octanol–water partition coefficient (Wildman–Crippen LogP) is 0.945. The van der Waals surface area contributed by atoms with Gasteiger partial charge in [0.1, 0.15) is 6.61 Å². The highest BCUT2D eigenvalue weighted by molar-refractivity contribution is 5.65. The average molecular weight is 150 g/mol. The van der Waals surface area contributed by atoms with Gasteiger partial charge in [0.15, 0.2) is 0 Å². The first-order valence-corrected chi connectivity index (χ1v) is 3.24. The van der Waals surface area contributed by atoms with Gasteiger partial charge in [-0.1, -0.05) is 6.07 Å². The molecule has 0 aliphatic carbocycles. The summed E-state index contributed by atoms with van der Waals surface area (Å²) in [6, 6.07) is 5.27. The Bertz CT molecular complexity index is 233. The van der Waals surface area contributed by atoms with Gasteiger partial charge in [-0.15, -0.1) is 0 Å². The topological polar surface area (TPSA) is 39.2 Å². The highest BCUT2D eigenvalue weighted by Gasteiger charge is 1.94. The number of hydrogen-bond donors (Lipinski definition) is 0. The zero-order chi connectivity index (χ0) is 8.10. The maximum Gasteiger partial charge on any atom is 0.303 e. The van der Waals surface area contributed by atoms with Crippen LogP contribution in [0.15, 0.2) is 18.2 Å². The lowest BCUT2D eigenvalue weighted by Crippen LogP contribution is -1.99. The first-order valence-electron chi connectivity index (χ1n) is 3.24. The molecule has 0 saturated heterocycles. The maximum atomic E-state index is 10.4.